The van der Waals surface area contributed by atoms with Crippen LogP contribution in [0.4, 0.5) is 0 Å². The van der Waals surface area contributed by atoms with Gasteiger partial charge in [0, 0.05) is 12.8 Å². The van der Waals surface area contributed by atoms with Gasteiger partial charge in [-0.2, -0.15) is 0 Å². The molecule has 0 bridgehead atoms. The summed E-state index contributed by atoms with van der Waals surface area (Å²) >= 11 is 0. The Morgan fingerprint density at radius 1 is 0.674 bits per heavy atom. The van der Waals surface area contributed by atoms with Crippen LogP contribution in [-0.4, -0.2) is 59.9 Å². The Bertz CT molecular complexity index is 895. The predicted octanol–water partition coefficient (Wildman–Crippen LogP) is 7.94. The van der Waals surface area contributed by atoms with Gasteiger partial charge < -0.3 is 25.2 Å². The van der Waals surface area contributed by atoms with E-state index in [0.29, 0.717) is 12.8 Å². The van der Waals surface area contributed by atoms with Crippen LogP contribution in [0, 0.1) is 0 Å². The quantitative estimate of drug-likeness (QED) is 0.0273. The number of carbonyl (C=O) groups is 3. The standard InChI is InChI=1S/C34H62NO10P/c1-3-5-7-9-11-12-13-14-15-16-17-18-20-22-24-26-33(37)45-30(28-43-46(40,41)44-29-31(35)34(38)39)27-42-32(36)25-23-21-19-10-8-6-4-2/h12-15,30-31H,3-11,16-29,35H2,1-2H3,(H,38,39)(H,40,41)/b13-12+,15-14+/t30-,31-/m0/s1. The van der Waals surface area contributed by atoms with Crippen LogP contribution in [-0.2, 0) is 37.5 Å². The fourth-order valence-corrected chi connectivity index (χ4v) is 5.18. The number of unbranched alkanes of at least 4 members (excludes halogenated alkanes) is 15. The predicted molar refractivity (Wildman–Crippen MR) is 180 cm³/mol. The van der Waals surface area contributed by atoms with Gasteiger partial charge in [-0.3, -0.25) is 23.4 Å². The summed E-state index contributed by atoms with van der Waals surface area (Å²) in [5.74, 6) is -2.41. The van der Waals surface area contributed by atoms with Gasteiger partial charge in [-0.15, -0.1) is 0 Å². The van der Waals surface area contributed by atoms with Crippen molar-refractivity contribution in [3.8, 4) is 0 Å². The number of hydrogen-bond donors (Lipinski definition) is 3. The minimum absolute atomic E-state index is 0.145. The average Bonchev–Trinajstić information content (AvgIpc) is 3.02. The molecule has 0 aliphatic rings. The number of carbonyl (C=O) groups excluding carboxylic acids is 2. The van der Waals surface area contributed by atoms with Crippen LogP contribution in [0.3, 0.4) is 0 Å². The average molecular weight is 676 g/mol. The molecule has 4 N–H and O–H groups in total. The van der Waals surface area contributed by atoms with Crippen molar-refractivity contribution in [2.24, 2.45) is 5.73 Å². The molecule has 11 nitrogen and oxygen atoms in total. The number of phosphoric acid groups is 1. The Labute approximate surface area is 277 Å². The smallest absolute Gasteiger partial charge is 0.472 e. The van der Waals surface area contributed by atoms with E-state index < -0.39 is 51.1 Å². The highest BCUT2D eigenvalue weighted by Gasteiger charge is 2.28. The summed E-state index contributed by atoms with van der Waals surface area (Å²) in [7, 11) is -4.70. The fourth-order valence-electron chi connectivity index (χ4n) is 4.41. The van der Waals surface area contributed by atoms with E-state index in [9.17, 15) is 23.8 Å². The van der Waals surface area contributed by atoms with Crippen LogP contribution in [0.15, 0.2) is 24.3 Å². The SMILES string of the molecule is CCCCCC/C=C/C=C/CCCCCCCC(=O)O[C@@H](COC(=O)CCCCCCCCC)COP(=O)(O)OC[C@H](N)C(=O)O. The number of hydrogen-bond acceptors (Lipinski definition) is 9. The summed E-state index contributed by atoms with van der Waals surface area (Å²) in [5.41, 5.74) is 5.29. The molecule has 0 saturated heterocycles. The molecule has 0 aromatic carbocycles. The molecule has 46 heavy (non-hydrogen) atoms. The van der Waals surface area contributed by atoms with Crippen LogP contribution in [0.1, 0.15) is 142 Å². The summed E-state index contributed by atoms with van der Waals surface area (Å²) in [4.78, 5) is 45.4. The second-order valence-corrected chi connectivity index (χ2v) is 13.1. The molecule has 0 radical (unpaired) electrons. The molecule has 268 valence electrons. The molecule has 0 aliphatic heterocycles. The van der Waals surface area contributed by atoms with Crippen molar-refractivity contribution in [1.29, 1.82) is 0 Å². The van der Waals surface area contributed by atoms with Gasteiger partial charge in [-0.05, 0) is 38.5 Å². The molecular formula is C34H62NO10P. The number of aliphatic carboxylic acids is 1. The number of esters is 2. The zero-order valence-corrected chi connectivity index (χ0v) is 29.3. The molecule has 0 aliphatic carbocycles. The third-order valence-electron chi connectivity index (χ3n) is 7.23. The minimum Gasteiger partial charge on any atom is -0.480 e. The topological polar surface area (TPSA) is 172 Å². The van der Waals surface area contributed by atoms with Gasteiger partial charge in [0.05, 0.1) is 13.2 Å². The van der Waals surface area contributed by atoms with E-state index in [1.807, 2.05) is 0 Å². The van der Waals surface area contributed by atoms with Crippen LogP contribution in [0.2, 0.25) is 0 Å². The number of carboxylic acids is 1. The highest BCUT2D eigenvalue weighted by Crippen LogP contribution is 2.43. The third-order valence-corrected chi connectivity index (χ3v) is 8.18. The Balaban J connectivity index is 4.48. The van der Waals surface area contributed by atoms with Crippen molar-refractivity contribution in [3.63, 3.8) is 0 Å². The molecule has 0 amide bonds. The fraction of sp³-hybridized carbons (Fsp3) is 0.794. The molecule has 0 fully saturated rings. The van der Waals surface area contributed by atoms with Crippen LogP contribution in [0.5, 0.6) is 0 Å². The highest BCUT2D eigenvalue weighted by molar-refractivity contribution is 7.47. The Hall–Kier alpha value is -2.04. The molecule has 12 heteroatoms. The van der Waals surface area contributed by atoms with E-state index in [1.54, 1.807) is 0 Å². The molecular weight excluding hydrogens is 613 g/mol. The lowest BCUT2D eigenvalue weighted by atomic mass is 10.1. The number of allylic oxidation sites excluding steroid dienone is 4. The maximum Gasteiger partial charge on any atom is 0.472 e. The first-order chi connectivity index (χ1) is 22.1. The van der Waals surface area contributed by atoms with Gasteiger partial charge in [0.25, 0.3) is 0 Å². The van der Waals surface area contributed by atoms with Gasteiger partial charge in [0.15, 0.2) is 6.10 Å². The van der Waals surface area contributed by atoms with E-state index in [1.165, 1.54) is 44.9 Å². The van der Waals surface area contributed by atoms with Crippen LogP contribution in [0.25, 0.3) is 0 Å². The van der Waals surface area contributed by atoms with E-state index in [0.717, 1.165) is 57.8 Å². The van der Waals surface area contributed by atoms with Crippen LogP contribution >= 0.6 is 7.82 Å². The van der Waals surface area contributed by atoms with E-state index in [2.05, 4.69) is 42.7 Å². The van der Waals surface area contributed by atoms with Crippen molar-refractivity contribution in [2.75, 3.05) is 19.8 Å². The monoisotopic (exact) mass is 675 g/mol. The van der Waals surface area contributed by atoms with Crippen molar-refractivity contribution >= 4 is 25.7 Å². The first-order valence-electron chi connectivity index (χ1n) is 17.4. The molecule has 1 unspecified atom stereocenters. The molecule has 3 atom stereocenters. The third kappa shape index (κ3) is 29.4. The molecule has 0 spiro atoms. The van der Waals surface area contributed by atoms with Crippen molar-refractivity contribution < 1.29 is 47.5 Å². The molecule has 0 aromatic rings. The Kier molecular flexibility index (Phi) is 29.0. The maximum absolute atomic E-state index is 12.5. The minimum atomic E-state index is -4.70. The number of carboxylic acid groups (broad SMARTS) is 1. The van der Waals surface area contributed by atoms with Gasteiger partial charge >= 0.3 is 25.7 Å². The molecule has 0 aromatic heterocycles. The van der Waals surface area contributed by atoms with Crippen molar-refractivity contribution in [1.82, 2.24) is 0 Å². The Morgan fingerprint density at radius 2 is 1.13 bits per heavy atom. The summed E-state index contributed by atoms with van der Waals surface area (Å²) in [6, 6.07) is -1.52. The maximum atomic E-state index is 12.5. The Morgan fingerprint density at radius 3 is 1.67 bits per heavy atom. The first-order valence-corrected chi connectivity index (χ1v) is 18.9. The van der Waals surface area contributed by atoms with Gasteiger partial charge in [-0.25, -0.2) is 4.57 Å². The van der Waals surface area contributed by atoms with E-state index >= 15 is 0 Å². The van der Waals surface area contributed by atoms with Gasteiger partial charge in [0.1, 0.15) is 12.6 Å². The lowest BCUT2D eigenvalue weighted by Gasteiger charge is -2.20. The van der Waals surface area contributed by atoms with Crippen LogP contribution < -0.4 is 5.73 Å². The number of nitrogens with two attached hydrogens (primary N) is 1. The summed E-state index contributed by atoms with van der Waals surface area (Å²) in [6.45, 7) is 2.68. The van der Waals surface area contributed by atoms with Crippen molar-refractivity contribution in [3.05, 3.63) is 24.3 Å². The molecule has 0 rings (SSSR count). The number of ether oxygens (including phenoxy) is 2. The lowest BCUT2D eigenvalue weighted by Crippen LogP contribution is -2.34. The zero-order chi connectivity index (χ0) is 34.3. The van der Waals surface area contributed by atoms with E-state index in [4.69, 9.17) is 24.8 Å². The van der Waals surface area contributed by atoms with E-state index in [-0.39, 0.29) is 19.4 Å². The normalized spacial score (nSPS) is 14.3. The zero-order valence-electron chi connectivity index (χ0n) is 28.4. The first kappa shape index (κ1) is 44.0. The molecule has 0 saturated carbocycles. The number of phosphoric ester groups is 1. The summed E-state index contributed by atoms with van der Waals surface area (Å²) in [6.07, 6.45) is 27.0. The second kappa shape index (κ2) is 30.3. The summed E-state index contributed by atoms with van der Waals surface area (Å²) in [5, 5.41) is 8.82. The molecule has 0 heterocycles. The lowest BCUT2D eigenvalue weighted by molar-refractivity contribution is -0.161. The second-order valence-electron chi connectivity index (χ2n) is 11.7. The van der Waals surface area contributed by atoms with Gasteiger partial charge in [0.2, 0.25) is 0 Å². The van der Waals surface area contributed by atoms with Crippen molar-refractivity contribution in [2.45, 2.75) is 154 Å². The highest BCUT2D eigenvalue weighted by atomic mass is 31.2. The largest absolute Gasteiger partial charge is 0.480 e. The summed E-state index contributed by atoms with van der Waals surface area (Å²) < 4.78 is 32.3. The van der Waals surface area contributed by atoms with Gasteiger partial charge in [-0.1, -0.05) is 115 Å². The number of rotatable bonds is 32.